The summed E-state index contributed by atoms with van der Waals surface area (Å²) in [6.07, 6.45) is 3.56. The van der Waals surface area contributed by atoms with Gasteiger partial charge < -0.3 is 15.5 Å². The monoisotopic (exact) mass is 535 g/mol. The molecule has 3 heterocycles. The molecule has 2 N–H and O–H groups in total. The van der Waals surface area contributed by atoms with Crippen molar-refractivity contribution in [2.45, 2.75) is 51.4 Å². The standard InChI is InChI=1S/C26H32ClF2N5O3/c1-25(9-3-4-18-17-30-13-10-26(18,28)29)11-14-33(15-12-25)21-16-19(34(36)37)7-8-20(21)24(35)32-23-6-2-5-22(27)31-23/h2,5-8,16,18,30H,3-4,9-15,17H2,1H3,(H,31,32,35). The molecule has 1 atom stereocenters. The van der Waals surface area contributed by atoms with Crippen molar-refractivity contribution in [1.29, 1.82) is 0 Å². The fourth-order valence-corrected chi connectivity index (χ4v) is 5.42. The van der Waals surface area contributed by atoms with Gasteiger partial charge in [0.25, 0.3) is 17.5 Å². The van der Waals surface area contributed by atoms with Gasteiger partial charge in [0, 0.05) is 50.7 Å². The lowest BCUT2D eigenvalue weighted by molar-refractivity contribution is -0.384. The molecule has 0 aliphatic carbocycles. The topological polar surface area (TPSA) is 100 Å². The molecule has 2 aromatic rings. The molecule has 11 heteroatoms. The Bertz CT molecular complexity index is 1140. The number of halogens is 3. The first-order valence-corrected chi connectivity index (χ1v) is 13.0. The van der Waals surface area contributed by atoms with Gasteiger partial charge in [0.2, 0.25) is 0 Å². The third-order valence-corrected chi connectivity index (χ3v) is 7.87. The quantitative estimate of drug-likeness (QED) is 0.247. The summed E-state index contributed by atoms with van der Waals surface area (Å²) in [6, 6.07) is 9.07. The largest absolute Gasteiger partial charge is 0.371 e. The molecule has 1 aromatic carbocycles. The number of hydrogen-bond donors (Lipinski definition) is 2. The highest BCUT2D eigenvalue weighted by molar-refractivity contribution is 6.29. The Morgan fingerprint density at radius 1 is 1.27 bits per heavy atom. The van der Waals surface area contributed by atoms with E-state index in [1.165, 1.54) is 18.2 Å². The molecule has 8 nitrogen and oxygen atoms in total. The van der Waals surface area contributed by atoms with Crippen LogP contribution in [0, 0.1) is 21.4 Å². The highest BCUT2D eigenvalue weighted by Crippen LogP contribution is 2.41. The van der Waals surface area contributed by atoms with Gasteiger partial charge in [-0.25, -0.2) is 13.8 Å². The zero-order valence-corrected chi connectivity index (χ0v) is 21.6. The number of benzene rings is 1. The number of non-ortho nitro benzene ring substituents is 1. The van der Waals surface area contributed by atoms with E-state index < -0.39 is 22.7 Å². The SMILES string of the molecule is CC1(CCCC2CNCCC2(F)F)CCN(c2cc([N+](=O)[O-])ccc2C(=O)Nc2cccc(Cl)n2)CC1. The number of nitro groups is 1. The Hall–Kier alpha value is -2.85. The van der Waals surface area contributed by atoms with Gasteiger partial charge >= 0.3 is 0 Å². The van der Waals surface area contributed by atoms with Gasteiger partial charge in [-0.1, -0.05) is 31.0 Å². The molecule has 4 rings (SSSR count). The summed E-state index contributed by atoms with van der Waals surface area (Å²) in [7, 11) is 0. The zero-order valence-electron chi connectivity index (χ0n) is 20.8. The average molecular weight is 536 g/mol. The third kappa shape index (κ3) is 6.73. The van der Waals surface area contributed by atoms with Crippen LogP contribution in [0.2, 0.25) is 5.15 Å². The van der Waals surface area contributed by atoms with Crippen LogP contribution in [0.15, 0.2) is 36.4 Å². The number of pyridine rings is 1. The first-order chi connectivity index (χ1) is 17.6. The van der Waals surface area contributed by atoms with Crippen molar-refractivity contribution in [3.8, 4) is 0 Å². The maximum atomic E-state index is 14.2. The minimum Gasteiger partial charge on any atom is -0.371 e. The Morgan fingerprint density at radius 2 is 2.03 bits per heavy atom. The Labute approximate surface area is 219 Å². The highest BCUT2D eigenvalue weighted by atomic mass is 35.5. The molecule has 2 fully saturated rings. The number of piperidine rings is 2. The van der Waals surface area contributed by atoms with E-state index in [9.17, 15) is 23.7 Å². The molecule has 0 bridgehead atoms. The molecular formula is C26H32ClF2N5O3. The van der Waals surface area contributed by atoms with E-state index in [1.54, 1.807) is 18.2 Å². The lowest BCUT2D eigenvalue weighted by atomic mass is 9.75. The predicted octanol–water partition coefficient (Wildman–Crippen LogP) is 5.92. The lowest BCUT2D eigenvalue weighted by Gasteiger charge is -2.41. The fourth-order valence-electron chi connectivity index (χ4n) is 5.26. The van der Waals surface area contributed by atoms with E-state index in [0.717, 1.165) is 25.7 Å². The van der Waals surface area contributed by atoms with Crippen molar-refractivity contribution >= 4 is 34.7 Å². The number of nitrogens with zero attached hydrogens (tertiary/aromatic N) is 3. The summed E-state index contributed by atoms with van der Waals surface area (Å²) in [6.45, 7) is 4.11. The number of nitro benzene ring substituents is 1. The molecule has 0 radical (unpaired) electrons. The van der Waals surface area contributed by atoms with Crippen molar-refractivity contribution in [2.24, 2.45) is 11.3 Å². The number of carbonyl (C=O) groups excluding carboxylic acids is 1. The Morgan fingerprint density at radius 3 is 2.70 bits per heavy atom. The molecule has 2 aliphatic rings. The number of hydrogen-bond acceptors (Lipinski definition) is 6. The molecule has 37 heavy (non-hydrogen) atoms. The lowest BCUT2D eigenvalue weighted by Crippen LogP contribution is -2.44. The van der Waals surface area contributed by atoms with Crippen LogP contribution in [-0.2, 0) is 0 Å². The molecule has 1 aromatic heterocycles. The third-order valence-electron chi connectivity index (χ3n) is 7.66. The van der Waals surface area contributed by atoms with E-state index >= 15 is 0 Å². The van der Waals surface area contributed by atoms with Crippen molar-refractivity contribution < 1.29 is 18.5 Å². The maximum absolute atomic E-state index is 14.2. The predicted molar refractivity (Wildman–Crippen MR) is 140 cm³/mol. The van der Waals surface area contributed by atoms with Crippen LogP contribution in [0.25, 0.3) is 0 Å². The minimum atomic E-state index is -2.60. The highest BCUT2D eigenvalue weighted by Gasteiger charge is 2.41. The van der Waals surface area contributed by atoms with Gasteiger partial charge in [-0.15, -0.1) is 0 Å². The molecule has 0 saturated carbocycles. The smallest absolute Gasteiger partial charge is 0.271 e. The van der Waals surface area contributed by atoms with E-state index in [0.29, 0.717) is 43.9 Å². The summed E-state index contributed by atoms with van der Waals surface area (Å²) < 4.78 is 28.4. The van der Waals surface area contributed by atoms with Crippen LogP contribution in [0.5, 0.6) is 0 Å². The second-order valence-electron chi connectivity index (χ2n) is 10.4. The number of anilines is 2. The summed E-state index contributed by atoms with van der Waals surface area (Å²) in [5.41, 5.74) is 0.691. The number of rotatable bonds is 8. The summed E-state index contributed by atoms with van der Waals surface area (Å²) in [5, 5.41) is 17.5. The van der Waals surface area contributed by atoms with Gasteiger partial charge in [-0.2, -0.15) is 0 Å². The van der Waals surface area contributed by atoms with Crippen LogP contribution in [0.4, 0.5) is 26.0 Å². The van der Waals surface area contributed by atoms with Crippen LogP contribution in [0.3, 0.4) is 0 Å². The first kappa shape index (κ1) is 27.2. The van der Waals surface area contributed by atoms with Crippen LogP contribution in [-0.4, -0.2) is 47.9 Å². The van der Waals surface area contributed by atoms with Gasteiger partial charge in [-0.05, 0) is 49.3 Å². The van der Waals surface area contributed by atoms with Gasteiger partial charge in [-0.3, -0.25) is 14.9 Å². The normalized spacial score (nSPS) is 20.9. The molecule has 1 unspecified atom stereocenters. The maximum Gasteiger partial charge on any atom is 0.271 e. The molecular weight excluding hydrogens is 504 g/mol. The minimum absolute atomic E-state index is 0.0122. The van der Waals surface area contributed by atoms with Crippen LogP contribution >= 0.6 is 11.6 Å². The Balaban J connectivity index is 1.42. The second-order valence-corrected chi connectivity index (χ2v) is 10.7. The average Bonchev–Trinajstić information content (AvgIpc) is 2.85. The van der Waals surface area contributed by atoms with Crippen molar-refractivity contribution in [2.75, 3.05) is 36.4 Å². The number of carbonyl (C=O) groups is 1. The van der Waals surface area contributed by atoms with Gasteiger partial charge in [0.15, 0.2) is 0 Å². The first-order valence-electron chi connectivity index (χ1n) is 12.6. The molecule has 2 saturated heterocycles. The van der Waals surface area contributed by atoms with Gasteiger partial charge in [0.05, 0.1) is 16.2 Å². The van der Waals surface area contributed by atoms with E-state index in [1.807, 2.05) is 4.90 Å². The second kappa shape index (κ2) is 11.3. The Kier molecular flexibility index (Phi) is 8.28. The van der Waals surface area contributed by atoms with Gasteiger partial charge in [0.1, 0.15) is 11.0 Å². The molecule has 2 aliphatic heterocycles. The van der Waals surface area contributed by atoms with Crippen molar-refractivity contribution in [1.82, 2.24) is 10.3 Å². The number of alkyl halides is 2. The van der Waals surface area contributed by atoms with E-state index in [4.69, 9.17) is 11.6 Å². The van der Waals surface area contributed by atoms with Crippen LogP contribution in [0.1, 0.15) is 55.8 Å². The zero-order chi connectivity index (χ0) is 26.6. The number of amides is 1. The van der Waals surface area contributed by atoms with Crippen molar-refractivity contribution in [3.63, 3.8) is 0 Å². The van der Waals surface area contributed by atoms with Crippen molar-refractivity contribution in [3.05, 3.63) is 57.2 Å². The molecule has 200 valence electrons. The van der Waals surface area contributed by atoms with E-state index in [-0.39, 0.29) is 28.5 Å². The fraction of sp³-hybridized carbons (Fsp3) is 0.538. The molecule has 1 amide bonds. The summed E-state index contributed by atoms with van der Waals surface area (Å²) in [5.74, 6) is -3.37. The van der Waals surface area contributed by atoms with E-state index in [2.05, 4.69) is 22.5 Å². The molecule has 0 spiro atoms. The number of nitrogens with one attached hydrogen (secondary N) is 2. The number of aromatic nitrogens is 1. The summed E-state index contributed by atoms with van der Waals surface area (Å²) in [4.78, 5) is 30.1. The summed E-state index contributed by atoms with van der Waals surface area (Å²) >= 11 is 5.92. The van der Waals surface area contributed by atoms with Crippen LogP contribution < -0.4 is 15.5 Å².